The molecule has 0 saturated heterocycles. The van der Waals surface area contributed by atoms with Gasteiger partial charge in [0.2, 0.25) is 0 Å². The Morgan fingerprint density at radius 2 is 2.17 bits per heavy atom. The van der Waals surface area contributed by atoms with Gasteiger partial charge in [-0.3, -0.25) is 4.90 Å². The topological polar surface area (TPSA) is 49.8 Å². The molecule has 1 amide bonds. The second-order valence-electron chi connectivity index (χ2n) is 5.62. The Bertz CT molecular complexity index is 459. The molecule has 4 nitrogen and oxygen atoms in total. The molecular weight excluding hydrogens is 250 g/mol. The van der Waals surface area contributed by atoms with Crippen molar-refractivity contribution in [2.24, 2.45) is 0 Å². The maximum atomic E-state index is 12.0. The van der Waals surface area contributed by atoms with Crippen LogP contribution in [-0.4, -0.2) is 21.7 Å². The lowest BCUT2D eigenvalue weighted by molar-refractivity contribution is 0.0241. The van der Waals surface area contributed by atoms with Crippen molar-refractivity contribution in [3.8, 4) is 0 Å². The van der Waals surface area contributed by atoms with Gasteiger partial charge in [0, 0.05) is 4.88 Å². The van der Waals surface area contributed by atoms with Crippen molar-refractivity contribution in [2.75, 3.05) is 0 Å². The Morgan fingerprint density at radius 1 is 1.50 bits per heavy atom. The molecule has 1 N–H and O–H groups in total. The number of carbonyl (C=O) groups excluding carboxylic acids is 1. The lowest BCUT2D eigenvalue weighted by Gasteiger charge is -2.24. The summed E-state index contributed by atoms with van der Waals surface area (Å²) in [7, 11) is 0. The molecule has 1 aliphatic heterocycles. The molecule has 1 atom stereocenters. The number of carbonyl (C=O) groups is 1. The van der Waals surface area contributed by atoms with Crippen LogP contribution in [0.1, 0.15) is 49.8 Å². The fourth-order valence-corrected chi connectivity index (χ4v) is 3.03. The van der Waals surface area contributed by atoms with Crippen LogP contribution in [0.25, 0.3) is 0 Å². The minimum Gasteiger partial charge on any atom is -0.444 e. The molecule has 0 spiro atoms. The van der Waals surface area contributed by atoms with Crippen molar-refractivity contribution in [1.82, 2.24) is 4.90 Å². The fraction of sp³-hybridized carbons (Fsp3) is 0.615. The second-order valence-corrected chi connectivity index (χ2v) is 6.53. The SMILES string of the molecule is CC(O)c1scc2c1CN(C(=O)OC(C)(C)C)C2. The molecule has 2 heterocycles. The van der Waals surface area contributed by atoms with E-state index in [9.17, 15) is 9.90 Å². The highest BCUT2D eigenvalue weighted by Gasteiger charge is 2.30. The Hall–Kier alpha value is -1.07. The number of fused-ring (bicyclic) bond motifs is 1. The number of nitrogens with zero attached hydrogens (tertiary/aromatic N) is 1. The zero-order chi connectivity index (χ0) is 13.5. The van der Waals surface area contributed by atoms with Gasteiger partial charge >= 0.3 is 6.09 Å². The van der Waals surface area contributed by atoms with Gasteiger partial charge in [-0.1, -0.05) is 0 Å². The van der Waals surface area contributed by atoms with Gasteiger partial charge in [0.15, 0.2) is 0 Å². The first-order valence-electron chi connectivity index (χ1n) is 6.03. The highest BCUT2D eigenvalue weighted by molar-refractivity contribution is 7.10. The van der Waals surface area contributed by atoms with Gasteiger partial charge in [-0.2, -0.15) is 0 Å². The molecule has 0 fully saturated rings. The number of hydrogen-bond donors (Lipinski definition) is 1. The molecule has 2 rings (SSSR count). The number of ether oxygens (including phenoxy) is 1. The number of hydrogen-bond acceptors (Lipinski definition) is 4. The third-order valence-corrected chi connectivity index (χ3v) is 4.00. The molecule has 0 saturated carbocycles. The first-order chi connectivity index (χ1) is 8.28. The molecule has 1 aromatic rings. The Labute approximate surface area is 111 Å². The van der Waals surface area contributed by atoms with Crippen molar-refractivity contribution in [2.45, 2.75) is 52.5 Å². The highest BCUT2D eigenvalue weighted by Crippen LogP contribution is 2.35. The Kier molecular flexibility index (Phi) is 3.38. The van der Waals surface area contributed by atoms with Crippen molar-refractivity contribution in [3.63, 3.8) is 0 Å². The fourth-order valence-electron chi connectivity index (χ4n) is 2.01. The Morgan fingerprint density at radius 3 is 2.72 bits per heavy atom. The summed E-state index contributed by atoms with van der Waals surface area (Å²) in [5, 5.41) is 11.7. The molecule has 0 aliphatic carbocycles. The average Bonchev–Trinajstić information content (AvgIpc) is 2.70. The van der Waals surface area contributed by atoms with E-state index in [-0.39, 0.29) is 6.09 Å². The van der Waals surface area contributed by atoms with E-state index in [1.54, 1.807) is 23.2 Å². The van der Waals surface area contributed by atoms with Crippen LogP contribution in [0.5, 0.6) is 0 Å². The third-order valence-electron chi connectivity index (χ3n) is 2.75. The zero-order valence-electron chi connectivity index (χ0n) is 11.2. The van der Waals surface area contributed by atoms with Gasteiger partial charge in [-0.25, -0.2) is 4.79 Å². The van der Waals surface area contributed by atoms with Crippen LogP contribution in [0, 0.1) is 0 Å². The predicted octanol–water partition coefficient (Wildman–Crippen LogP) is 3.05. The van der Waals surface area contributed by atoms with Crippen LogP contribution in [0.2, 0.25) is 0 Å². The third kappa shape index (κ3) is 2.67. The molecule has 0 radical (unpaired) electrons. The van der Waals surface area contributed by atoms with Gasteiger partial charge in [0.05, 0.1) is 19.2 Å². The summed E-state index contributed by atoms with van der Waals surface area (Å²) in [4.78, 5) is 14.6. The van der Waals surface area contributed by atoms with E-state index in [0.29, 0.717) is 13.1 Å². The van der Waals surface area contributed by atoms with Crippen molar-refractivity contribution >= 4 is 17.4 Å². The molecule has 5 heteroatoms. The minimum atomic E-state index is -0.475. The second kappa shape index (κ2) is 4.55. The molecule has 0 bridgehead atoms. The number of rotatable bonds is 1. The summed E-state index contributed by atoms with van der Waals surface area (Å²) in [6, 6.07) is 0. The van der Waals surface area contributed by atoms with E-state index in [2.05, 4.69) is 0 Å². The van der Waals surface area contributed by atoms with Crippen molar-refractivity contribution in [3.05, 3.63) is 21.4 Å². The lowest BCUT2D eigenvalue weighted by Crippen LogP contribution is -2.33. The van der Waals surface area contributed by atoms with Crippen LogP contribution >= 0.6 is 11.3 Å². The number of aliphatic hydroxyl groups excluding tert-OH is 1. The molecular formula is C13H19NO3S. The monoisotopic (exact) mass is 269 g/mol. The van der Waals surface area contributed by atoms with Crippen LogP contribution in [0.15, 0.2) is 5.38 Å². The largest absolute Gasteiger partial charge is 0.444 e. The van der Waals surface area contributed by atoms with E-state index in [0.717, 1.165) is 16.0 Å². The lowest BCUT2D eigenvalue weighted by atomic mass is 10.1. The molecule has 0 aromatic carbocycles. The van der Waals surface area contributed by atoms with E-state index in [1.165, 1.54) is 0 Å². The van der Waals surface area contributed by atoms with Crippen molar-refractivity contribution in [1.29, 1.82) is 0 Å². The number of amides is 1. The first-order valence-corrected chi connectivity index (χ1v) is 6.91. The quantitative estimate of drug-likeness (QED) is 0.852. The van der Waals surface area contributed by atoms with Crippen LogP contribution in [0.3, 0.4) is 0 Å². The van der Waals surface area contributed by atoms with Crippen LogP contribution in [-0.2, 0) is 17.8 Å². The van der Waals surface area contributed by atoms with Crippen molar-refractivity contribution < 1.29 is 14.6 Å². The van der Waals surface area contributed by atoms with Gasteiger partial charge in [0.25, 0.3) is 0 Å². The van der Waals surface area contributed by atoms with E-state index in [4.69, 9.17) is 4.74 Å². The summed E-state index contributed by atoms with van der Waals surface area (Å²) in [6.07, 6.45) is -0.766. The average molecular weight is 269 g/mol. The van der Waals surface area contributed by atoms with Gasteiger partial charge in [0.1, 0.15) is 5.60 Å². The maximum absolute atomic E-state index is 12.0. The summed E-state index contributed by atoms with van der Waals surface area (Å²) >= 11 is 1.56. The predicted molar refractivity (Wildman–Crippen MR) is 70.4 cm³/mol. The Balaban J connectivity index is 2.08. The van der Waals surface area contributed by atoms with Gasteiger partial charge in [-0.15, -0.1) is 11.3 Å². The maximum Gasteiger partial charge on any atom is 0.410 e. The van der Waals surface area contributed by atoms with Gasteiger partial charge < -0.3 is 9.84 Å². The number of aliphatic hydroxyl groups is 1. The van der Waals surface area contributed by atoms with E-state index >= 15 is 0 Å². The van der Waals surface area contributed by atoms with E-state index < -0.39 is 11.7 Å². The van der Waals surface area contributed by atoms with E-state index in [1.807, 2.05) is 26.2 Å². The number of thiophene rings is 1. The van der Waals surface area contributed by atoms with Crippen LogP contribution in [0.4, 0.5) is 4.79 Å². The first kappa shape index (κ1) is 13.4. The summed E-state index contributed by atoms with van der Waals surface area (Å²) < 4.78 is 5.35. The molecule has 18 heavy (non-hydrogen) atoms. The summed E-state index contributed by atoms with van der Waals surface area (Å²) in [5.41, 5.74) is 1.74. The smallest absolute Gasteiger partial charge is 0.410 e. The van der Waals surface area contributed by atoms with Crippen LogP contribution < -0.4 is 0 Å². The molecule has 1 unspecified atom stereocenters. The standard InChI is InChI=1S/C13H19NO3S/c1-8(15)11-10-6-14(5-9(10)7-18-11)12(16)17-13(2,3)4/h7-8,15H,5-6H2,1-4H3. The summed E-state index contributed by atoms with van der Waals surface area (Å²) in [5.74, 6) is 0. The highest BCUT2D eigenvalue weighted by atomic mass is 32.1. The van der Waals surface area contributed by atoms with Gasteiger partial charge in [-0.05, 0) is 44.2 Å². The zero-order valence-corrected chi connectivity index (χ0v) is 12.0. The molecule has 1 aliphatic rings. The minimum absolute atomic E-state index is 0.291. The molecule has 1 aromatic heterocycles. The summed E-state index contributed by atoms with van der Waals surface area (Å²) in [6.45, 7) is 8.44. The molecule has 100 valence electrons. The normalized spacial score (nSPS) is 16.6.